The van der Waals surface area contributed by atoms with Crippen LogP contribution < -0.4 is 9.57 Å². The van der Waals surface area contributed by atoms with E-state index in [1.54, 1.807) is 13.2 Å². The first kappa shape index (κ1) is 22.9. The second kappa shape index (κ2) is 9.44. The van der Waals surface area contributed by atoms with Crippen molar-refractivity contribution in [3.05, 3.63) is 58.7 Å². The summed E-state index contributed by atoms with van der Waals surface area (Å²) in [5, 5.41) is 4.01. The van der Waals surface area contributed by atoms with Gasteiger partial charge in [0.25, 0.3) is 10.0 Å². The van der Waals surface area contributed by atoms with Crippen LogP contribution in [0.15, 0.2) is 46.4 Å². The SMILES string of the molecule is COc1ccccc1/C=N/NS(=O)(=O)c1c(C(C)C)cc(C(C)C)cc1C(C)C. The van der Waals surface area contributed by atoms with Gasteiger partial charge in [-0.1, -0.05) is 65.8 Å². The Morgan fingerprint density at radius 3 is 1.97 bits per heavy atom. The molecule has 2 aromatic rings. The summed E-state index contributed by atoms with van der Waals surface area (Å²) in [6.45, 7) is 12.3. The molecule has 2 aromatic carbocycles. The maximum Gasteiger partial charge on any atom is 0.277 e. The Morgan fingerprint density at radius 2 is 1.48 bits per heavy atom. The lowest BCUT2D eigenvalue weighted by atomic mass is 9.89. The van der Waals surface area contributed by atoms with Crippen LogP contribution in [0.5, 0.6) is 5.75 Å². The largest absolute Gasteiger partial charge is 0.496 e. The number of rotatable bonds is 8. The Morgan fingerprint density at radius 1 is 0.931 bits per heavy atom. The minimum atomic E-state index is -3.83. The summed E-state index contributed by atoms with van der Waals surface area (Å²) >= 11 is 0. The van der Waals surface area contributed by atoms with Gasteiger partial charge in [0.1, 0.15) is 5.75 Å². The molecule has 0 saturated carbocycles. The van der Waals surface area contributed by atoms with Crippen molar-refractivity contribution in [2.24, 2.45) is 5.10 Å². The number of nitrogens with one attached hydrogen (secondary N) is 1. The number of benzene rings is 2. The normalized spacial score (nSPS) is 12.3. The summed E-state index contributed by atoms with van der Waals surface area (Å²) in [6, 6.07) is 11.3. The van der Waals surface area contributed by atoms with E-state index in [0.717, 1.165) is 16.7 Å². The summed E-state index contributed by atoms with van der Waals surface area (Å²) in [7, 11) is -2.27. The van der Waals surface area contributed by atoms with Gasteiger partial charge in [0.15, 0.2) is 0 Å². The number of methoxy groups -OCH3 is 1. The van der Waals surface area contributed by atoms with E-state index in [4.69, 9.17) is 4.74 Å². The number of ether oxygens (including phenoxy) is 1. The number of para-hydroxylation sites is 1. The lowest BCUT2D eigenvalue weighted by molar-refractivity contribution is 0.414. The first-order valence-electron chi connectivity index (χ1n) is 9.94. The van der Waals surface area contributed by atoms with Crippen molar-refractivity contribution in [3.8, 4) is 5.75 Å². The zero-order chi connectivity index (χ0) is 21.8. The molecule has 2 rings (SSSR count). The molecular formula is C23H32N2O3S. The molecule has 0 bridgehead atoms. The van der Waals surface area contributed by atoms with E-state index in [1.165, 1.54) is 6.21 Å². The molecule has 5 nitrogen and oxygen atoms in total. The zero-order valence-electron chi connectivity index (χ0n) is 18.4. The van der Waals surface area contributed by atoms with Crippen LogP contribution >= 0.6 is 0 Å². The molecule has 0 saturated heterocycles. The van der Waals surface area contributed by atoms with Gasteiger partial charge in [-0.25, -0.2) is 4.83 Å². The van der Waals surface area contributed by atoms with Gasteiger partial charge in [-0.05, 0) is 46.6 Å². The van der Waals surface area contributed by atoms with Crippen molar-refractivity contribution < 1.29 is 13.2 Å². The number of sulfonamides is 1. The first-order valence-corrected chi connectivity index (χ1v) is 11.4. The highest BCUT2D eigenvalue weighted by atomic mass is 32.2. The van der Waals surface area contributed by atoms with Crippen LogP contribution in [0.2, 0.25) is 0 Å². The second-order valence-corrected chi connectivity index (χ2v) is 9.69. The fraction of sp³-hybridized carbons (Fsp3) is 0.435. The molecule has 0 aliphatic rings. The van der Waals surface area contributed by atoms with Crippen molar-refractivity contribution >= 4 is 16.2 Å². The van der Waals surface area contributed by atoms with Gasteiger partial charge in [-0.3, -0.25) is 0 Å². The monoisotopic (exact) mass is 416 g/mol. The summed E-state index contributed by atoms with van der Waals surface area (Å²) in [4.78, 5) is 2.74. The van der Waals surface area contributed by atoms with E-state index >= 15 is 0 Å². The average molecular weight is 417 g/mol. The maximum absolute atomic E-state index is 13.3. The Hall–Kier alpha value is -2.34. The van der Waals surface area contributed by atoms with Gasteiger partial charge in [-0.15, -0.1) is 0 Å². The van der Waals surface area contributed by atoms with Crippen LogP contribution in [-0.4, -0.2) is 21.7 Å². The molecule has 6 heteroatoms. The van der Waals surface area contributed by atoms with Crippen molar-refractivity contribution in [3.63, 3.8) is 0 Å². The van der Waals surface area contributed by atoms with Gasteiger partial charge in [0.2, 0.25) is 0 Å². The molecule has 0 atom stereocenters. The summed E-state index contributed by atoms with van der Waals surface area (Å²) < 4.78 is 31.8. The molecule has 0 heterocycles. The highest BCUT2D eigenvalue weighted by Crippen LogP contribution is 2.35. The summed E-state index contributed by atoms with van der Waals surface area (Å²) in [6.07, 6.45) is 1.46. The van der Waals surface area contributed by atoms with E-state index in [0.29, 0.717) is 22.1 Å². The third kappa shape index (κ3) is 5.38. The second-order valence-electron chi connectivity index (χ2n) is 8.09. The third-order valence-corrected chi connectivity index (χ3v) is 6.22. The lowest BCUT2D eigenvalue weighted by Gasteiger charge is -2.22. The minimum absolute atomic E-state index is 0.0657. The van der Waals surface area contributed by atoms with E-state index < -0.39 is 10.0 Å². The van der Waals surface area contributed by atoms with E-state index in [2.05, 4.69) is 23.8 Å². The molecule has 0 unspecified atom stereocenters. The van der Waals surface area contributed by atoms with Crippen LogP contribution in [0.25, 0.3) is 0 Å². The molecule has 1 N–H and O–H groups in total. The predicted octanol–water partition coefficient (Wildman–Crippen LogP) is 5.38. The molecule has 29 heavy (non-hydrogen) atoms. The van der Waals surface area contributed by atoms with Crippen LogP contribution in [0, 0.1) is 0 Å². The van der Waals surface area contributed by atoms with Crippen molar-refractivity contribution in [2.45, 2.75) is 64.2 Å². The predicted molar refractivity (Wildman–Crippen MR) is 120 cm³/mol. The van der Waals surface area contributed by atoms with Crippen LogP contribution in [-0.2, 0) is 10.0 Å². The van der Waals surface area contributed by atoms with Crippen LogP contribution in [0.1, 0.15) is 81.5 Å². The van der Waals surface area contributed by atoms with Crippen molar-refractivity contribution in [2.75, 3.05) is 7.11 Å². The van der Waals surface area contributed by atoms with Crippen molar-refractivity contribution in [1.29, 1.82) is 0 Å². The van der Waals surface area contributed by atoms with E-state index in [9.17, 15) is 8.42 Å². The van der Waals surface area contributed by atoms with E-state index in [1.807, 2.05) is 58.0 Å². The molecule has 0 fully saturated rings. The van der Waals surface area contributed by atoms with Gasteiger partial charge < -0.3 is 4.74 Å². The van der Waals surface area contributed by atoms with Crippen LogP contribution in [0.3, 0.4) is 0 Å². The number of hydrogen-bond acceptors (Lipinski definition) is 4. The molecule has 0 spiro atoms. The van der Waals surface area contributed by atoms with Gasteiger partial charge in [0, 0.05) is 5.56 Å². The summed E-state index contributed by atoms with van der Waals surface area (Å²) in [5.41, 5.74) is 3.48. The molecular weight excluding hydrogens is 384 g/mol. The third-order valence-electron chi connectivity index (χ3n) is 4.86. The summed E-state index contributed by atoms with van der Waals surface area (Å²) in [5.74, 6) is 1.08. The fourth-order valence-corrected chi connectivity index (χ4v) is 4.68. The molecule has 0 radical (unpaired) electrons. The Balaban J connectivity index is 2.51. The molecule has 0 aliphatic carbocycles. The lowest BCUT2D eigenvalue weighted by Crippen LogP contribution is -2.23. The van der Waals surface area contributed by atoms with E-state index in [-0.39, 0.29) is 11.8 Å². The van der Waals surface area contributed by atoms with Crippen LogP contribution in [0.4, 0.5) is 0 Å². The Kier molecular flexibility index (Phi) is 7.47. The fourth-order valence-electron chi connectivity index (χ4n) is 3.18. The van der Waals surface area contributed by atoms with Crippen molar-refractivity contribution in [1.82, 2.24) is 4.83 Å². The van der Waals surface area contributed by atoms with Gasteiger partial charge in [-0.2, -0.15) is 13.5 Å². The van der Waals surface area contributed by atoms with Gasteiger partial charge >= 0.3 is 0 Å². The maximum atomic E-state index is 13.3. The quantitative estimate of drug-likeness (QED) is 0.464. The first-order chi connectivity index (χ1) is 13.6. The smallest absolute Gasteiger partial charge is 0.277 e. The molecule has 158 valence electrons. The standard InChI is InChI=1S/C23H32N2O3S/c1-15(2)19-12-20(16(3)4)23(21(13-19)17(5)6)29(26,27)25-24-14-18-10-8-9-11-22(18)28-7/h8-17,25H,1-7H3/b24-14+. The highest BCUT2D eigenvalue weighted by molar-refractivity contribution is 7.89. The topological polar surface area (TPSA) is 67.8 Å². The Bertz CT molecular complexity index is 948. The molecule has 0 aromatic heterocycles. The number of hydrogen-bond donors (Lipinski definition) is 1. The Labute approximate surface area is 175 Å². The average Bonchev–Trinajstić information content (AvgIpc) is 2.66. The molecule has 0 aliphatic heterocycles. The zero-order valence-corrected chi connectivity index (χ0v) is 19.2. The highest BCUT2D eigenvalue weighted by Gasteiger charge is 2.26. The van der Waals surface area contributed by atoms with Gasteiger partial charge in [0.05, 0.1) is 18.2 Å². The minimum Gasteiger partial charge on any atom is -0.496 e. The molecule has 0 amide bonds. The number of hydrazone groups is 1. The number of nitrogens with zero attached hydrogens (tertiary/aromatic N) is 1.